The summed E-state index contributed by atoms with van der Waals surface area (Å²) in [7, 11) is 1.56. The summed E-state index contributed by atoms with van der Waals surface area (Å²) >= 11 is 4.91. The summed E-state index contributed by atoms with van der Waals surface area (Å²) in [5, 5.41) is 13.1. The molecule has 0 saturated carbocycles. The van der Waals surface area contributed by atoms with Crippen molar-refractivity contribution in [2.24, 2.45) is 0 Å². The molecule has 3 rings (SSSR count). The van der Waals surface area contributed by atoms with Crippen LogP contribution in [0.1, 0.15) is 35.9 Å². The van der Waals surface area contributed by atoms with Gasteiger partial charge in [-0.3, -0.25) is 9.59 Å². The number of ketones is 1. The van der Waals surface area contributed by atoms with Crippen molar-refractivity contribution in [2.75, 3.05) is 33.3 Å². The zero-order valence-corrected chi connectivity index (χ0v) is 20.5. The molecule has 0 aliphatic carbocycles. The number of benzene rings is 1. The highest BCUT2D eigenvalue weighted by Crippen LogP contribution is 2.43. The molecular formula is C23H27BrN2O4S. The van der Waals surface area contributed by atoms with E-state index in [9.17, 15) is 14.7 Å². The van der Waals surface area contributed by atoms with Crippen LogP contribution in [-0.2, 0) is 9.59 Å². The van der Waals surface area contributed by atoms with Crippen molar-refractivity contribution < 1.29 is 19.4 Å². The number of halogens is 1. The van der Waals surface area contributed by atoms with E-state index in [4.69, 9.17) is 4.74 Å². The second kappa shape index (κ2) is 9.97. The first-order chi connectivity index (χ1) is 14.8. The number of amides is 1. The molecule has 166 valence electrons. The molecule has 1 atom stereocenters. The van der Waals surface area contributed by atoms with E-state index in [-0.39, 0.29) is 11.3 Å². The largest absolute Gasteiger partial charge is 0.507 e. The molecule has 1 unspecified atom stereocenters. The van der Waals surface area contributed by atoms with E-state index in [1.165, 1.54) is 11.3 Å². The highest BCUT2D eigenvalue weighted by atomic mass is 79.9. The van der Waals surface area contributed by atoms with Gasteiger partial charge >= 0.3 is 0 Å². The topological polar surface area (TPSA) is 70.1 Å². The smallest absolute Gasteiger partial charge is 0.295 e. The number of carbonyl (C=O) groups is 2. The van der Waals surface area contributed by atoms with Crippen LogP contribution in [0.15, 0.2) is 39.7 Å². The molecule has 2 aromatic rings. The van der Waals surface area contributed by atoms with Gasteiger partial charge in [0.25, 0.3) is 11.7 Å². The van der Waals surface area contributed by atoms with Crippen LogP contribution >= 0.6 is 27.3 Å². The van der Waals surface area contributed by atoms with Crippen molar-refractivity contribution in [1.29, 1.82) is 0 Å². The first-order valence-electron chi connectivity index (χ1n) is 10.2. The van der Waals surface area contributed by atoms with Gasteiger partial charge in [-0.05, 0) is 71.2 Å². The molecule has 31 heavy (non-hydrogen) atoms. The van der Waals surface area contributed by atoms with Gasteiger partial charge in [-0.15, -0.1) is 11.3 Å². The van der Waals surface area contributed by atoms with Gasteiger partial charge in [-0.25, -0.2) is 0 Å². The van der Waals surface area contributed by atoms with E-state index in [1.54, 1.807) is 30.2 Å². The SMILES string of the molecule is CCN(CC)CCN1C(=O)C(=O)/C(=C(\O)c2ccc(OC)c(Br)c2)C1c1sccc1C. The fraction of sp³-hybridized carbons (Fsp3) is 0.391. The lowest BCUT2D eigenvalue weighted by Crippen LogP contribution is -2.37. The third-order valence-corrected chi connectivity index (χ3v) is 7.36. The molecule has 2 heterocycles. The van der Waals surface area contributed by atoms with E-state index >= 15 is 0 Å². The highest BCUT2D eigenvalue weighted by molar-refractivity contribution is 9.10. The number of thiophene rings is 1. The fourth-order valence-corrected chi connectivity index (χ4v) is 5.39. The number of hydrogen-bond donors (Lipinski definition) is 1. The first kappa shape index (κ1) is 23.5. The average molecular weight is 507 g/mol. The average Bonchev–Trinajstić information content (AvgIpc) is 3.29. The number of aliphatic hydroxyl groups is 1. The van der Waals surface area contributed by atoms with Crippen LogP contribution in [0.25, 0.3) is 5.76 Å². The Morgan fingerprint density at radius 3 is 2.52 bits per heavy atom. The predicted molar refractivity (Wildman–Crippen MR) is 127 cm³/mol. The van der Waals surface area contributed by atoms with Gasteiger partial charge in [0.15, 0.2) is 0 Å². The molecule has 1 aromatic carbocycles. The molecule has 1 aromatic heterocycles. The van der Waals surface area contributed by atoms with Crippen LogP contribution < -0.4 is 4.74 Å². The Kier molecular flexibility index (Phi) is 7.56. The van der Waals surface area contributed by atoms with Crippen LogP contribution in [0, 0.1) is 6.92 Å². The van der Waals surface area contributed by atoms with E-state index in [0.29, 0.717) is 28.9 Å². The Morgan fingerprint density at radius 2 is 1.97 bits per heavy atom. The van der Waals surface area contributed by atoms with Gasteiger partial charge in [0.05, 0.1) is 23.2 Å². The number of ether oxygens (including phenoxy) is 1. The maximum atomic E-state index is 13.1. The van der Waals surface area contributed by atoms with Gasteiger partial charge < -0.3 is 19.6 Å². The Hall–Kier alpha value is -2.16. The zero-order valence-electron chi connectivity index (χ0n) is 18.1. The van der Waals surface area contributed by atoms with Gasteiger partial charge in [0.1, 0.15) is 11.5 Å². The minimum Gasteiger partial charge on any atom is -0.507 e. The van der Waals surface area contributed by atoms with Crippen LogP contribution in [0.2, 0.25) is 0 Å². The molecule has 0 spiro atoms. The summed E-state index contributed by atoms with van der Waals surface area (Å²) in [5.41, 5.74) is 1.58. The van der Waals surface area contributed by atoms with E-state index in [1.807, 2.05) is 18.4 Å². The third kappa shape index (κ3) is 4.56. The molecule has 1 fully saturated rings. The van der Waals surface area contributed by atoms with Crippen molar-refractivity contribution in [3.63, 3.8) is 0 Å². The number of aliphatic hydroxyl groups excluding tert-OH is 1. The number of aryl methyl sites for hydroxylation is 1. The first-order valence-corrected chi connectivity index (χ1v) is 11.9. The van der Waals surface area contributed by atoms with Gasteiger partial charge in [0.2, 0.25) is 0 Å². The zero-order chi connectivity index (χ0) is 22.7. The monoisotopic (exact) mass is 506 g/mol. The van der Waals surface area contributed by atoms with Gasteiger partial charge in [-0.1, -0.05) is 13.8 Å². The molecule has 6 nitrogen and oxygen atoms in total. The highest BCUT2D eigenvalue weighted by Gasteiger charge is 2.46. The van der Waals surface area contributed by atoms with Gasteiger partial charge in [-0.2, -0.15) is 0 Å². The fourth-order valence-electron chi connectivity index (χ4n) is 3.81. The van der Waals surface area contributed by atoms with Crippen molar-refractivity contribution >= 4 is 44.7 Å². The van der Waals surface area contributed by atoms with Crippen molar-refractivity contribution in [1.82, 2.24) is 9.80 Å². The lowest BCUT2D eigenvalue weighted by Gasteiger charge is -2.27. The molecule has 8 heteroatoms. The van der Waals surface area contributed by atoms with E-state index in [0.717, 1.165) is 23.5 Å². The van der Waals surface area contributed by atoms with Gasteiger partial charge in [0, 0.05) is 23.5 Å². The third-order valence-electron chi connectivity index (χ3n) is 5.67. The van der Waals surface area contributed by atoms with E-state index in [2.05, 4.69) is 34.7 Å². The van der Waals surface area contributed by atoms with Crippen LogP contribution in [-0.4, -0.2) is 59.9 Å². The van der Waals surface area contributed by atoms with Crippen LogP contribution in [0.5, 0.6) is 5.75 Å². The quantitative estimate of drug-likeness (QED) is 0.322. The summed E-state index contributed by atoms with van der Waals surface area (Å²) in [4.78, 5) is 30.8. The summed E-state index contributed by atoms with van der Waals surface area (Å²) in [6, 6.07) is 6.45. The minimum atomic E-state index is -0.651. The maximum Gasteiger partial charge on any atom is 0.295 e. The number of hydrogen-bond acceptors (Lipinski definition) is 6. The number of rotatable bonds is 8. The molecule has 1 N–H and O–H groups in total. The van der Waals surface area contributed by atoms with Crippen molar-refractivity contribution in [2.45, 2.75) is 26.8 Å². The summed E-state index contributed by atoms with van der Waals surface area (Å²) in [6.45, 7) is 8.90. The molecule has 0 radical (unpaired) electrons. The standard InChI is InChI=1S/C23H27BrN2O4S/c1-5-25(6-2)10-11-26-19(22-14(3)9-12-31-22)18(21(28)23(26)29)20(27)15-7-8-17(30-4)16(24)13-15/h7-9,12-13,19,27H,5-6,10-11H2,1-4H3/b20-18-. The minimum absolute atomic E-state index is 0.132. The maximum absolute atomic E-state index is 13.1. The second-order valence-corrected chi connectivity index (χ2v) is 9.14. The van der Waals surface area contributed by atoms with Crippen molar-refractivity contribution in [3.8, 4) is 5.75 Å². The number of carbonyl (C=O) groups excluding carboxylic acids is 2. The Morgan fingerprint density at radius 1 is 1.26 bits per heavy atom. The lowest BCUT2D eigenvalue weighted by atomic mass is 9.98. The molecule has 0 bridgehead atoms. The number of likely N-dealkylation sites (tertiary alicyclic amines) is 1. The van der Waals surface area contributed by atoms with Crippen LogP contribution in [0.4, 0.5) is 0 Å². The summed E-state index contributed by atoms with van der Waals surface area (Å²) < 4.78 is 5.91. The molecule has 1 saturated heterocycles. The Labute approximate surface area is 195 Å². The number of Topliss-reactive ketones (excluding diaryl/α,β-unsaturated/α-hetero) is 1. The van der Waals surface area contributed by atoms with Crippen molar-refractivity contribution in [3.05, 3.63) is 55.7 Å². The molecular weight excluding hydrogens is 480 g/mol. The van der Waals surface area contributed by atoms with Crippen LogP contribution in [0.3, 0.4) is 0 Å². The lowest BCUT2D eigenvalue weighted by molar-refractivity contribution is -0.140. The Bertz CT molecular complexity index is 1010. The number of nitrogens with zero attached hydrogens (tertiary/aromatic N) is 2. The summed E-state index contributed by atoms with van der Waals surface area (Å²) in [6.07, 6.45) is 0. The predicted octanol–water partition coefficient (Wildman–Crippen LogP) is 4.59. The normalized spacial score (nSPS) is 18.3. The summed E-state index contributed by atoms with van der Waals surface area (Å²) in [5.74, 6) is -0.785. The Balaban J connectivity index is 2.10. The molecule has 1 aliphatic rings. The van der Waals surface area contributed by atoms with E-state index < -0.39 is 17.7 Å². The molecule has 1 amide bonds. The molecule has 1 aliphatic heterocycles. The second-order valence-electron chi connectivity index (χ2n) is 7.34. The number of methoxy groups -OCH3 is 1. The number of likely N-dealkylation sites (N-methyl/N-ethyl adjacent to an activating group) is 1.